The van der Waals surface area contributed by atoms with Crippen LogP contribution >= 0.6 is 11.3 Å². The number of hydrogen-bond donors (Lipinski definition) is 0. The lowest BCUT2D eigenvalue weighted by Crippen LogP contribution is -2.37. The van der Waals surface area contributed by atoms with E-state index in [0.717, 1.165) is 46.6 Å². The van der Waals surface area contributed by atoms with Crippen LogP contribution < -0.4 is 14.2 Å². The highest BCUT2D eigenvalue weighted by molar-refractivity contribution is 7.18. The lowest BCUT2D eigenvalue weighted by atomic mass is 10.0. The van der Waals surface area contributed by atoms with Crippen LogP contribution in [-0.4, -0.2) is 43.7 Å². The van der Waals surface area contributed by atoms with Crippen LogP contribution in [0.15, 0.2) is 42.5 Å². The summed E-state index contributed by atoms with van der Waals surface area (Å²) >= 11 is 1.68. The Balaban J connectivity index is 1.58. The van der Waals surface area contributed by atoms with Gasteiger partial charge in [-0.3, -0.25) is 4.79 Å². The van der Waals surface area contributed by atoms with E-state index < -0.39 is 0 Å². The second-order valence-electron chi connectivity index (χ2n) is 7.36. The van der Waals surface area contributed by atoms with Crippen molar-refractivity contribution in [2.75, 3.05) is 27.9 Å². The number of rotatable bonds is 6. The van der Waals surface area contributed by atoms with Crippen molar-refractivity contribution in [2.45, 2.75) is 25.3 Å². The zero-order valence-corrected chi connectivity index (χ0v) is 18.8. The molecule has 3 aromatic rings. The molecule has 7 heteroatoms. The molecule has 1 aromatic heterocycles. The lowest BCUT2D eigenvalue weighted by molar-refractivity contribution is -0.129. The average molecular weight is 439 g/mol. The summed E-state index contributed by atoms with van der Waals surface area (Å²) in [5.41, 5.74) is 1.80. The number of methoxy groups -OCH3 is 3. The molecule has 0 bridgehead atoms. The molecule has 6 nitrogen and oxygen atoms in total. The van der Waals surface area contributed by atoms with E-state index in [1.807, 2.05) is 35.2 Å². The number of likely N-dealkylation sites (tertiary alicyclic amines) is 1. The first-order valence-electron chi connectivity index (χ1n) is 10.3. The van der Waals surface area contributed by atoms with Gasteiger partial charge in [0.2, 0.25) is 11.7 Å². The lowest BCUT2D eigenvalue weighted by Gasteiger charge is -2.33. The Labute approximate surface area is 186 Å². The first-order valence-corrected chi connectivity index (χ1v) is 11.1. The molecular formula is C24H26N2O4S. The summed E-state index contributed by atoms with van der Waals surface area (Å²) in [6.45, 7) is 0.735. The van der Waals surface area contributed by atoms with Gasteiger partial charge in [-0.2, -0.15) is 0 Å². The van der Waals surface area contributed by atoms with Crippen molar-refractivity contribution in [2.24, 2.45) is 0 Å². The molecule has 0 saturated carbocycles. The minimum Gasteiger partial charge on any atom is -0.493 e. The van der Waals surface area contributed by atoms with Crippen LogP contribution in [0.25, 0.3) is 16.3 Å². The molecule has 1 saturated heterocycles. The number of thiazole rings is 1. The number of amides is 1. The van der Waals surface area contributed by atoms with Gasteiger partial charge in [0.15, 0.2) is 11.5 Å². The number of para-hydroxylation sites is 1. The van der Waals surface area contributed by atoms with Gasteiger partial charge in [0.25, 0.3) is 0 Å². The van der Waals surface area contributed by atoms with Crippen LogP contribution in [0.1, 0.15) is 35.9 Å². The summed E-state index contributed by atoms with van der Waals surface area (Å²) in [7, 11) is 4.72. The highest BCUT2D eigenvalue weighted by Crippen LogP contribution is 2.39. The molecule has 1 aliphatic heterocycles. The van der Waals surface area contributed by atoms with E-state index in [1.54, 1.807) is 44.8 Å². The van der Waals surface area contributed by atoms with Crippen molar-refractivity contribution in [1.82, 2.24) is 9.88 Å². The zero-order chi connectivity index (χ0) is 21.8. The molecule has 1 amide bonds. The van der Waals surface area contributed by atoms with E-state index in [1.165, 1.54) is 0 Å². The monoisotopic (exact) mass is 438 g/mol. The predicted molar refractivity (Wildman–Crippen MR) is 123 cm³/mol. The molecule has 0 aliphatic carbocycles. The van der Waals surface area contributed by atoms with Crippen LogP contribution in [0.5, 0.6) is 17.2 Å². The first-order chi connectivity index (χ1) is 15.1. The Kier molecular flexibility index (Phi) is 6.42. The molecule has 0 N–H and O–H groups in total. The van der Waals surface area contributed by atoms with Crippen LogP contribution in [0.2, 0.25) is 0 Å². The largest absolute Gasteiger partial charge is 0.493 e. The minimum atomic E-state index is -0.0160. The van der Waals surface area contributed by atoms with Crippen molar-refractivity contribution in [3.8, 4) is 17.2 Å². The molecular weight excluding hydrogens is 412 g/mol. The van der Waals surface area contributed by atoms with Gasteiger partial charge in [0.1, 0.15) is 5.01 Å². The van der Waals surface area contributed by atoms with E-state index in [-0.39, 0.29) is 11.9 Å². The number of nitrogens with zero attached hydrogens (tertiary/aromatic N) is 2. The predicted octanol–water partition coefficient (Wildman–Crippen LogP) is 5.09. The van der Waals surface area contributed by atoms with Gasteiger partial charge in [-0.1, -0.05) is 12.1 Å². The maximum atomic E-state index is 13.1. The quantitative estimate of drug-likeness (QED) is 0.502. The summed E-state index contributed by atoms with van der Waals surface area (Å²) in [4.78, 5) is 19.9. The first kappa shape index (κ1) is 21.2. The Bertz CT molecular complexity index is 1050. The van der Waals surface area contributed by atoms with Crippen LogP contribution in [0.4, 0.5) is 0 Å². The number of piperidine rings is 1. The molecule has 1 fully saturated rings. The SMILES string of the molecule is COc1cc(/C=C/C(=O)N2CCCCC2c2nc3ccccc3s2)cc(OC)c1OC. The maximum absolute atomic E-state index is 13.1. The normalized spacial score (nSPS) is 16.6. The fourth-order valence-corrected chi connectivity index (χ4v) is 5.06. The highest BCUT2D eigenvalue weighted by atomic mass is 32.1. The second-order valence-corrected chi connectivity index (χ2v) is 8.42. The van der Waals surface area contributed by atoms with Gasteiger partial charge in [-0.05, 0) is 55.2 Å². The third-order valence-electron chi connectivity index (χ3n) is 5.49. The summed E-state index contributed by atoms with van der Waals surface area (Å²) in [5.74, 6) is 1.62. The number of hydrogen-bond acceptors (Lipinski definition) is 6. The average Bonchev–Trinajstić information content (AvgIpc) is 3.26. The van der Waals surface area contributed by atoms with E-state index in [4.69, 9.17) is 19.2 Å². The highest BCUT2D eigenvalue weighted by Gasteiger charge is 2.29. The van der Waals surface area contributed by atoms with E-state index in [2.05, 4.69) is 6.07 Å². The van der Waals surface area contributed by atoms with E-state index in [9.17, 15) is 4.79 Å². The van der Waals surface area contributed by atoms with Crippen molar-refractivity contribution in [3.63, 3.8) is 0 Å². The molecule has 1 atom stereocenters. The molecule has 2 aromatic carbocycles. The Morgan fingerprint density at radius 3 is 2.52 bits per heavy atom. The minimum absolute atomic E-state index is 0.0160. The number of benzene rings is 2. The molecule has 2 heterocycles. The smallest absolute Gasteiger partial charge is 0.247 e. The van der Waals surface area contributed by atoms with Crippen molar-refractivity contribution in [3.05, 3.63) is 53.0 Å². The van der Waals surface area contributed by atoms with Gasteiger partial charge in [-0.25, -0.2) is 4.98 Å². The molecule has 162 valence electrons. The van der Waals surface area contributed by atoms with Gasteiger partial charge >= 0.3 is 0 Å². The van der Waals surface area contributed by atoms with Crippen molar-refractivity contribution < 1.29 is 19.0 Å². The number of aromatic nitrogens is 1. The van der Waals surface area contributed by atoms with E-state index in [0.29, 0.717) is 17.2 Å². The summed E-state index contributed by atoms with van der Waals surface area (Å²) < 4.78 is 17.3. The number of ether oxygens (including phenoxy) is 3. The van der Waals surface area contributed by atoms with Gasteiger partial charge < -0.3 is 19.1 Å². The van der Waals surface area contributed by atoms with Gasteiger partial charge in [-0.15, -0.1) is 11.3 Å². The molecule has 1 aliphatic rings. The summed E-state index contributed by atoms with van der Waals surface area (Å²) in [6, 6.07) is 11.8. The van der Waals surface area contributed by atoms with Crippen molar-refractivity contribution >= 4 is 33.5 Å². The van der Waals surface area contributed by atoms with Crippen LogP contribution in [-0.2, 0) is 4.79 Å². The molecule has 0 spiro atoms. The standard InChI is InChI=1S/C24H26N2O4S/c1-28-19-14-16(15-20(29-2)23(19)30-3)11-12-22(27)26-13-7-6-9-18(26)24-25-17-8-4-5-10-21(17)31-24/h4-5,8,10-12,14-15,18H,6-7,9,13H2,1-3H3/b12-11+. The fraction of sp³-hybridized carbons (Fsp3) is 0.333. The fourth-order valence-electron chi connectivity index (χ4n) is 3.95. The summed E-state index contributed by atoms with van der Waals surface area (Å²) in [6.07, 6.45) is 6.44. The maximum Gasteiger partial charge on any atom is 0.247 e. The Morgan fingerprint density at radius 1 is 1.10 bits per heavy atom. The number of fused-ring (bicyclic) bond motifs is 1. The molecule has 4 rings (SSSR count). The molecule has 1 unspecified atom stereocenters. The topological polar surface area (TPSA) is 60.9 Å². The van der Waals surface area contributed by atoms with Gasteiger partial charge in [0, 0.05) is 12.6 Å². The number of carbonyl (C=O) groups is 1. The third-order valence-corrected chi connectivity index (χ3v) is 6.62. The Morgan fingerprint density at radius 2 is 1.84 bits per heavy atom. The third kappa shape index (κ3) is 4.37. The second kappa shape index (κ2) is 9.39. The zero-order valence-electron chi connectivity index (χ0n) is 18.0. The van der Waals surface area contributed by atoms with Gasteiger partial charge in [0.05, 0.1) is 37.6 Å². The molecule has 0 radical (unpaired) electrons. The summed E-state index contributed by atoms with van der Waals surface area (Å²) in [5, 5.41) is 1.01. The van der Waals surface area contributed by atoms with E-state index >= 15 is 0 Å². The number of carbonyl (C=O) groups excluding carboxylic acids is 1. The Hall–Kier alpha value is -3.06. The molecule has 31 heavy (non-hydrogen) atoms. The van der Waals surface area contributed by atoms with Crippen LogP contribution in [0, 0.1) is 0 Å². The van der Waals surface area contributed by atoms with Crippen molar-refractivity contribution in [1.29, 1.82) is 0 Å². The van der Waals surface area contributed by atoms with Crippen LogP contribution in [0.3, 0.4) is 0 Å².